The molecule has 6 nitrogen and oxygen atoms in total. The highest BCUT2D eigenvalue weighted by molar-refractivity contribution is 5.75. The quantitative estimate of drug-likeness (QED) is 0.620. The zero-order chi connectivity index (χ0) is 24.2. The molecule has 2 amide bonds. The van der Waals surface area contributed by atoms with Crippen LogP contribution in [0, 0.1) is 6.92 Å². The third-order valence-electron chi connectivity index (χ3n) is 6.29. The van der Waals surface area contributed by atoms with E-state index in [0.29, 0.717) is 5.75 Å². The van der Waals surface area contributed by atoms with E-state index in [2.05, 4.69) is 65.8 Å². The molecule has 0 fully saturated rings. The summed E-state index contributed by atoms with van der Waals surface area (Å²) in [6.07, 6.45) is 1.73. The lowest BCUT2D eigenvalue weighted by molar-refractivity contribution is 0.134. The Kier molecular flexibility index (Phi) is 7.90. The van der Waals surface area contributed by atoms with Gasteiger partial charge in [0.05, 0.1) is 26.3 Å². The summed E-state index contributed by atoms with van der Waals surface area (Å²) in [7, 11) is 3.34. The van der Waals surface area contributed by atoms with Gasteiger partial charge in [-0.15, -0.1) is 0 Å². The fourth-order valence-corrected chi connectivity index (χ4v) is 4.63. The molecule has 0 aromatic heterocycles. The Labute approximate surface area is 198 Å². The van der Waals surface area contributed by atoms with Crippen LogP contribution in [0.15, 0.2) is 36.4 Å². The highest BCUT2D eigenvalue weighted by Gasteiger charge is 2.35. The topological polar surface area (TPSA) is 62.8 Å². The maximum atomic E-state index is 12.8. The molecule has 6 heteroatoms. The Hall–Kier alpha value is -2.73. The van der Waals surface area contributed by atoms with Crippen molar-refractivity contribution in [2.45, 2.75) is 71.6 Å². The summed E-state index contributed by atoms with van der Waals surface area (Å²) < 4.78 is 11.2. The van der Waals surface area contributed by atoms with Gasteiger partial charge in [0.2, 0.25) is 0 Å². The second-order valence-electron chi connectivity index (χ2n) is 9.86. The number of rotatable bonds is 7. The number of ether oxygens (including phenoxy) is 2. The predicted molar refractivity (Wildman–Crippen MR) is 133 cm³/mol. The number of hydrogen-bond donors (Lipinski definition) is 2. The van der Waals surface area contributed by atoms with Crippen LogP contribution in [0.4, 0.5) is 4.79 Å². The van der Waals surface area contributed by atoms with E-state index in [1.807, 2.05) is 20.8 Å². The molecule has 3 rings (SSSR count). The fraction of sp³-hybridized carbons (Fsp3) is 0.519. The summed E-state index contributed by atoms with van der Waals surface area (Å²) in [5.41, 5.74) is 4.72. The number of carbonyl (C=O) groups excluding carboxylic acids is 1. The van der Waals surface area contributed by atoms with Crippen LogP contribution < -0.4 is 20.1 Å². The van der Waals surface area contributed by atoms with E-state index in [0.717, 1.165) is 31.7 Å². The van der Waals surface area contributed by atoms with Crippen molar-refractivity contribution in [3.63, 3.8) is 0 Å². The van der Waals surface area contributed by atoms with Crippen LogP contribution in [-0.4, -0.2) is 43.3 Å². The maximum absolute atomic E-state index is 12.8. The molecule has 0 aliphatic carbocycles. The minimum absolute atomic E-state index is 0.0175. The molecule has 1 heterocycles. The summed E-state index contributed by atoms with van der Waals surface area (Å²) >= 11 is 0. The largest absolute Gasteiger partial charge is 0.493 e. The molecular weight excluding hydrogens is 414 g/mol. The van der Waals surface area contributed by atoms with Crippen molar-refractivity contribution in [3.8, 4) is 11.5 Å². The van der Waals surface area contributed by atoms with Gasteiger partial charge in [-0.3, -0.25) is 4.90 Å². The van der Waals surface area contributed by atoms with Gasteiger partial charge in [-0.25, -0.2) is 4.79 Å². The molecule has 0 radical (unpaired) electrons. The average Bonchev–Trinajstić information content (AvgIpc) is 2.77. The molecule has 0 bridgehead atoms. The molecule has 180 valence electrons. The van der Waals surface area contributed by atoms with Gasteiger partial charge >= 0.3 is 6.03 Å². The van der Waals surface area contributed by atoms with E-state index in [-0.39, 0.29) is 23.7 Å². The molecular formula is C27H39N3O3. The van der Waals surface area contributed by atoms with Gasteiger partial charge in [-0.1, -0.05) is 31.2 Å². The molecule has 1 aliphatic rings. The lowest BCUT2D eigenvalue weighted by Crippen LogP contribution is -2.54. The highest BCUT2D eigenvalue weighted by atomic mass is 16.5. The van der Waals surface area contributed by atoms with Crippen LogP contribution in [0.1, 0.15) is 62.4 Å². The number of fused-ring (bicyclic) bond motifs is 1. The van der Waals surface area contributed by atoms with Crippen molar-refractivity contribution >= 4 is 6.03 Å². The van der Waals surface area contributed by atoms with E-state index in [1.165, 1.54) is 22.3 Å². The van der Waals surface area contributed by atoms with Crippen molar-refractivity contribution in [3.05, 3.63) is 58.7 Å². The average molecular weight is 454 g/mol. The smallest absolute Gasteiger partial charge is 0.315 e. The second kappa shape index (κ2) is 10.5. The number of urea groups is 1. The Balaban J connectivity index is 2.01. The van der Waals surface area contributed by atoms with Gasteiger partial charge in [0, 0.05) is 18.6 Å². The van der Waals surface area contributed by atoms with E-state index in [4.69, 9.17) is 9.47 Å². The van der Waals surface area contributed by atoms with E-state index < -0.39 is 0 Å². The molecule has 2 aromatic carbocycles. The fourth-order valence-electron chi connectivity index (χ4n) is 4.63. The van der Waals surface area contributed by atoms with Gasteiger partial charge in [0.25, 0.3) is 0 Å². The van der Waals surface area contributed by atoms with Crippen molar-refractivity contribution in [1.82, 2.24) is 15.5 Å². The van der Waals surface area contributed by atoms with E-state index in [9.17, 15) is 4.79 Å². The van der Waals surface area contributed by atoms with Crippen LogP contribution in [0.5, 0.6) is 11.5 Å². The zero-order valence-electron chi connectivity index (χ0n) is 21.1. The highest BCUT2D eigenvalue weighted by Crippen LogP contribution is 2.40. The SMILES string of the molecule is CCC(NC(=O)NC(C)(C)C)C1c2cc(OC)c(OC)cc2CCN1Cc1ccccc1C. The molecule has 2 aromatic rings. The molecule has 2 atom stereocenters. The Morgan fingerprint density at radius 1 is 1.15 bits per heavy atom. The summed E-state index contributed by atoms with van der Waals surface area (Å²) in [6.45, 7) is 12.0. The Morgan fingerprint density at radius 2 is 1.82 bits per heavy atom. The molecule has 1 aliphatic heterocycles. The minimum atomic E-state index is -0.301. The Morgan fingerprint density at radius 3 is 2.42 bits per heavy atom. The van der Waals surface area contributed by atoms with E-state index in [1.54, 1.807) is 14.2 Å². The number of hydrogen-bond acceptors (Lipinski definition) is 4. The predicted octanol–water partition coefficient (Wildman–Crippen LogP) is 4.99. The number of aryl methyl sites for hydroxylation is 1. The Bertz CT molecular complexity index is 968. The number of carbonyl (C=O) groups is 1. The number of methoxy groups -OCH3 is 2. The van der Waals surface area contributed by atoms with Crippen molar-refractivity contribution < 1.29 is 14.3 Å². The van der Waals surface area contributed by atoms with Gasteiger partial charge < -0.3 is 20.1 Å². The van der Waals surface area contributed by atoms with Crippen molar-refractivity contribution in [2.24, 2.45) is 0 Å². The van der Waals surface area contributed by atoms with Crippen LogP contribution in [-0.2, 0) is 13.0 Å². The van der Waals surface area contributed by atoms with Gasteiger partial charge in [0.1, 0.15) is 0 Å². The first-order chi connectivity index (χ1) is 15.7. The number of benzene rings is 2. The summed E-state index contributed by atoms with van der Waals surface area (Å²) in [4.78, 5) is 15.3. The molecule has 2 unspecified atom stereocenters. The lowest BCUT2D eigenvalue weighted by Gasteiger charge is -2.42. The monoisotopic (exact) mass is 453 g/mol. The second-order valence-corrected chi connectivity index (χ2v) is 9.86. The molecule has 0 saturated heterocycles. The first-order valence-corrected chi connectivity index (χ1v) is 11.8. The maximum Gasteiger partial charge on any atom is 0.315 e. The van der Waals surface area contributed by atoms with Gasteiger partial charge in [-0.2, -0.15) is 0 Å². The van der Waals surface area contributed by atoms with Crippen LogP contribution in [0.25, 0.3) is 0 Å². The molecule has 0 spiro atoms. The summed E-state index contributed by atoms with van der Waals surface area (Å²) in [5.74, 6) is 1.46. The molecule has 0 saturated carbocycles. The third kappa shape index (κ3) is 5.99. The lowest BCUT2D eigenvalue weighted by atomic mass is 9.86. The minimum Gasteiger partial charge on any atom is -0.493 e. The van der Waals surface area contributed by atoms with Crippen LogP contribution in [0.2, 0.25) is 0 Å². The van der Waals surface area contributed by atoms with Crippen molar-refractivity contribution in [2.75, 3.05) is 20.8 Å². The van der Waals surface area contributed by atoms with Crippen molar-refractivity contribution in [1.29, 1.82) is 0 Å². The van der Waals surface area contributed by atoms with E-state index >= 15 is 0 Å². The van der Waals surface area contributed by atoms with Crippen LogP contribution >= 0.6 is 0 Å². The standard InChI is InChI=1S/C27H39N3O3/c1-8-22(28-26(31)29-27(3,4)5)25-21-16-24(33-7)23(32-6)15-19(21)13-14-30(25)17-20-12-10-9-11-18(20)2/h9-12,15-16,22,25H,8,13-14,17H2,1-7H3,(H2,28,29,31). The third-order valence-corrected chi connectivity index (χ3v) is 6.29. The normalized spacial score (nSPS) is 17.1. The first kappa shape index (κ1) is 24.9. The summed E-state index contributed by atoms with van der Waals surface area (Å²) in [6, 6.07) is 12.5. The van der Waals surface area contributed by atoms with Gasteiger partial charge in [0.15, 0.2) is 11.5 Å². The zero-order valence-corrected chi connectivity index (χ0v) is 21.1. The first-order valence-electron chi connectivity index (χ1n) is 11.8. The van der Waals surface area contributed by atoms with Crippen LogP contribution in [0.3, 0.4) is 0 Å². The number of nitrogens with one attached hydrogen (secondary N) is 2. The number of nitrogens with zero attached hydrogens (tertiary/aromatic N) is 1. The molecule has 33 heavy (non-hydrogen) atoms. The van der Waals surface area contributed by atoms with Gasteiger partial charge in [-0.05, 0) is 74.9 Å². The number of amides is 2. The summed E-state index contributed by atoms with van der Waals surface area (Å²) in [5, 5.41) is 6.31. The molecule has 2 N–H and O–H groups in total.